The van der Waals surface area contributed by atoms with Crippen molar-refractivity contribution in [1.29, 1.82) is 0 Å². The highest BCUT2D eigenvalue weighted by Gasteiger charge is 2.51. The molecule has 1 unspecified atom stereocenters. The van der Waals surface area contributed by atoms with Crippen LogP contribution in [0, 0.1) is 5.92 Å². The minimum Gasteiger partial charge on any atom is -0.465 e. The molecule has 1 fully saturated rings. The number of carbonyl (C=O) groups excluding carboxylic acids is 1. The van der Waals surface area contributed by atoms with E-state index >= 15 is 0 Å². The van der Waals surface area contributed by atoms with Crippen molar-refractivity contribution in [2.45, 2.75) is 38.6 Å². The molecule has 1 N–H and O–H groups in total. The van der Waals surface area contributed by atoms with E-state index in [1.165, 1.54) is 0 Å². The van der Waals surface area contributed by atoms with Crippen molar-refractivity contribution in [3.8, 4) is 0 Å². The predicted molar refractivity (Wildman–Crippen MR) is 73.1 cm³/mol. The summed E-state index contributed by atoms with van der Waals surface area (Å²) in [7, 11) is 1.80. The molecule has 1 saturated carbocycles. The molecule has 0 aromatic heterocycles. The van der Waals surface area contributed by atoms with Crippen LogP contribution in [0.15, 0.2) is 0 Å². The summed E-state index contributed by atoms with van der Waals surface area (Å²) in [5.74, 6) is 0.127. The van der Waals surface area contributed by atoms with Crippen LogP contribution in [0.5, 0.6) is 0 Å². The van der Waals surface area contributed by atoms with E-state index in [-0.39, 0.29) is 5.97 Å². The number of likely N-dealkylation sites (N-methyl/N-ethyl adjacent to an activating group) is 1. The third-order valence-electron chi connectivity index (χ3n) is 3.41. The second kappa shape index (κ2) is 8.51. The standard InChI is InChI=1S/C14H27NO4/c1-4-8-17-9-10-18-11-14(15-3,12-6-7-12)13(16)19-5-2/h12,15H,4-11H2,1-3H3. The molecule has 19 heavy (non-hydrogen) atoms. The van der Waals surface area contributed by atoms with Gasteiger partial charge in [-0.3, -0.25) is 0 Å². The van der Waals surface area contributed by atoms with Gasteiger partial charge in [0.15, 0.2) is 0 Å². The summed E-state index contributed by atoms with van der Waals surface area (Å²) in [5.41, 5.74) is -0.680. The minimum absolute atomic E-state index is 0.200. The third-order valence-corrected chi connectivity index (χ3v) is 3.41. The van der Waals surface area contributed by atoms with Crippen molar-refractivity contribution < 1.29 is 19.0 Å². The lowest BCUT2D eigenvalue weighted by molar-refractivity contribution is -0.155. The fourth-order valence-corrected chi connectivity index (χ4v) is 2.16. The Kier molecular flexibility index (Phi) is 7.34. The first-order valence-electron chi connectivity index (χ1n) is 7.22. The van der Waals surface area contributed by atoms with Crippen LogP contribution in [0.25, 0.3) is 0 Å². The number of carbonyl (C=O) groups is 1. The monoisotopic (exact) mass is 273 g/mol. The van der Waals surface area contributed by atoms with Gasteiger partial charge in [0.25, 0.3) is 0 Å². The molecule has 112 valence electrons. The molecule has 1 rings (SSSR count). The SMILES string of the molecule is CCCOCCOCC(NC)(C(=O)OCC)C1CC1. The van der Waals surface area contributed by atoms with Gasteiger partial charge in [-0.05, 0) is 39.2 Å². The predicted octanol–water partition coefficient (Wildman–Crippen LogP) is 1.36. The zero-order valence-electron chi connectivity index (χ0n) is 12.4. The fourth-order valence-electron chi connectivity index (χ4n) is 2.16. The third kappa shape index (κ3) is 4.75. The lowest BCUT2D eigenvalue weighted by atomic mass is 9.94. The van der Waals surface area contributed by atoms with Gasteiger partial charge in [-0.1, -0.05) is 6.92 Å². The summed E-state index contributed by atoms with van der Waals surface area (Å²) in [6.45, 7) is 6.47. The topological polar surface area (TPSA) is 56.8 Å². The Labute approximate surface area is 116 Å². The average Bonchev–Trinajstić information content (AvgIpc) is 3.23. The summed E-state index contributed by atoms with van der Waals surface area (Å²) in [5, 5.41) is 3.12. The first-order chi connectivity index (χ1) is 9.21. The van der Waals surface area contributed by atoms with E-state index in [9.17, 15) is 4.79 Å². The van der Waals surface area contributed by atoms with Crippen molar-refractivity contribution in [3.05, 3.63) is 0 Å². The van der Waals surface area contributed by atoms with Crippen LogP contribution in [0.1, 0.15) is 33.1 Å². The van der Waals surface area contributed by atoms with E-state index < -0.39 is 5.54 Å². The van der Waals surface area contributed by atoms with E-state index in [0.717, 1.165) is 25.9 Å². The molecule has 0 heterocycles. The summed E-state index contributed by atoms with van der Waals surface area (Å²) in [6, 6.07) is 0. The number of esters is 1. The molecule has 0 spiro atoms. The average molecular weight is 273 g/mol. The normalized spacial score (nSPS) is 18.1. The Morgan fingerprint density at radius 3 is 2.42 bits per heavy atom. The number of ether oxygens (including phenoxy) is 3. The van der Waals surface area contributed by atoms with Crippen molar-refractivity contribution in [2.24, 2.45) is 5.92 Å². The molecule has 1 atom stereocenters. The molecule has 0 aromatic rings. The smallest absolute Gasteiger partial charge is 0.329 e. The van der Waals surface area contributed by atoms with Crippen LogP contribution < -0.4 is 5.32 Å². The molecule has 0 bridgehead atoms. The van der Waals surface area contributed by atoms with Crippen LogP contribution in [0.3, 0.4) is 0 Å². The van der Waals surface area contributed by atoms with Crippen LogP contribution >= 0.6 is 0 Å². The highest BCUT2D eigenvalue weighted by atomic mass is 16.5. The molecule has 1 aliphatic rings. The second-order valence-electron chi connectivity index (χ2n) is 4.88. The highest BCUT2D eigenvalue weighted by Crippen LogP contribution is 2.40. The number of rotatable bonds is 11. The maximum Gasteiger partial charge on any atom is 0.329 e. The van der Waals surface area contributed by atoms with Crippen molar-refractivity contribution in [3.63, 3.8) is 0 Å². The maximum atomic E-state index is 12.1. The highest BCUT2D eigenvalue weighted by molar-refractivity contribution is 5.82. The van der Waals surface area contributed by atoms with E-state index in [2.05, 4.69) is 12.2 Å². The van der Waals surface area contributed by atoms with E-state index in [4.69, 9.17) is 14.2 Å². The Morgan fingerprint density at radius 1 is 1.21 bits per heavy atom. The Morgan fingerprint density at radius 2 is 1.89 bits per heavy atom. The van der Waals surface area contributed by atoms with Crippen molar-refractivity contribution in [2.75, 3.05) is 40.1 Å². The molecule has 0 aromatic carbocycles. The first-order valence-corrected chi connectivity index (χ1v) is 7.22. The van der Waals surface area contributed by atoms with E-state index in [0.29, 0.717) is 32.3 Å². The van der Waals surface area contributed by atoms with Gasteiger partial charge in [-0.25, -0.2) is 4.79 Å². The number of hydrogen-bond donors (Lipinski definition) is 1. The largest absolute Gasteiger partial charge is 0.465 e. The zero-order chi connectivity index (χ0) is 14.1. The lowest BCUT2D eigenvalue weighted by Gasteiger charge is -2.30. The fraction of sp³-hybridized carbons (Fsp3) is 0.929. The first kappa shape index (κ1) is 16.4. The Bertz CT molecular complexity index is 268. The molecular formula is C14H27NO4. The van der Waals surface area contributed by atoms with Crippen LogP contribution in [0.2, 0.25) is 0 Å². The van der Waals surface area contributed by atoms with E-state index in [1.54, 1.807) is 7.05 Å². The van der Waals surface area contributed by atoms with Crippen LogP contribution in [-0.2, 0) is 19.0 Å². The molecule has 5 nitrogen and oxygen atoms in total. The number of nitrogens with one attached hydrogen (secondary N) is 1. The number of hydrogen-bond acceptors (Lipinski definition) is 5. The van der Waals surface area contributed by atoms with Gasteiger partial charge in [0, 0.05) is 6.61 Å². The summed E-state index contributed by atoms with van der Waals surface area (Å²) >= 11 is 0. The zero-order valence-corrected chi connectivity index (χ0v) is 12.4. The molecule has 0 saturated heterocycles. The quantitative estimate of drug-likeness (QED) is 0.455. The summed E-state index contributed by atoms with van der Waals surface area (Å²) < 4.78 is 16.2. The second-order valence-corrected chi connectivity index (χ2v) is 4.88. The van der Waals surface area contributed by atoms with Gasteiger partial charge in [0.1, 0.15) is 5.54 Å². The molecule has 0 radical (unpaired) electrons. The Balaban J connectivity index is 2.39. The van der Waals surface area contributed by atoms with Gasteiger partial charge < -0.3 is 19.5 Å². The van der Waals surface area contributed by atoms with Gasteiger partial charge in [0.2, 0.25) is 0 Å². The minimum atomic E-state index is -0.680. The molecule has 5 heteroatoms. The lowest BCUT2D eigenvalue weighted by Crippen LogP contribution is -2.57. The van der Waals surface area contributed by atoms with Crippen molar-refractivity contribution >= 4 is 5.97 Å². The van der Waals surface area contributed by atoms with Gasteiger partial charge in [-0.15, -0.1) is 0 Å². The van der Waals surface area contributed by atoms with Crippen molar-refractivity contribution in [1.82, 2.24) is 5.32 Å². The van der Waals surface area contributed by atoms with Gasteiger partial charge in [-0.2, -0.15) is 0 Å². The van der Waals surface area contributed by atoms with Crippen LogP contribution in [0.4, 0.5) is 0 Å². The maximum absolute atomic E-state index is 12.1. The van der Waals surface area contributed by atoms with Gasteiger partial charge in [0.05, 0.1) is 26.4 Å². The Hall–Kier alpha value is -0.650. The summed E-state index contributed by atoms with van der Waals surface area (Å²) in [4.78, 5) is 12.1. The van der Waals surface area contributed by atoms with Crippen LogP contribution in [-0.4, -0.2) is 51.6 Å². The molecule has 1 aliphatic carbocycles. The summed E-state index contributed by atoms with van der Waals surface area (Å²) in [6.07, 6.45) is 3.11. The molecular weight excluding hydrogens is 246 g/mol. The van der Waals surface area contributed by atoms with E-state index in [1.807, 2.05) is 6.92 Å². The molecule has 0 aliphatic heterocycles. The van der Waals surface area contributed by atoms with Gasteiger partial charge >= 0.3 is 5.97 Å². The molecule has 0 amide bonds.